The first kappa shape index (κ1) is 29.0. The van der Waals surface area contributed by atoms with E-state index in [4.69, 9.17) is 9.47 Å². The lowest BCUT2D eigenvalue weighted by Gasteiger charge is -2.07. The Balaban J connectivity index is 0.000000687. The minimum atomic E-state index is -0.876. The molecule has 0 spiro atoms. The number of thioether (sulfide) groups is 1. The van der Waals surface area contributed by atoms with Crippen molar-refractivity contribution in [1.82, 2.24) is 5.32 Å². The Labute approximate surface area is 207 Å². The third-order valence-corrected chi connectivity index (χ3v) is 4.07. The second-order valence-electron chi connectivity index (χ2n) is 6.02. The molecule has 0 aliphatic heterocycles. The minimum absolute atomic E-state index is 0. The quantitative estimate of drug-likeness (QED) is 0.300. The molecule has 0 saturated carbocycles. The fourth-order valence-corrected chi connectivity index (χ4v) is 2.22. The molecule has 0 unspecified atom stereocenters. The van der Waals surface area contributed by atoms with Gasteiger partial charge < -0.3 is 29.0 Å². The Hall–Kier alpha value is -4.06. The number of nitrogens with one attached hydrogen (secondary N) is 1. The number of amides is 1. The van der Waals surface area contributed by atoms with Crippen LogP contribution < -0.4 is 5.32 Å². The van der Waals surface area contributed by atoms with E-state index in [-0.39, 0.29) is 21.4 Å². The number of carbonyl (C=O) groups is 5. The lowest BCUT2D eigenvalue weighted by Crippen LogP contribution is -2.31. The molecule has 0 saturated heterocycles. The fraction of sp³-hybridized carbons (Fsp3) is 0.261. The topological polar surface area (TPSA) is 144 Å². The van der Waals surface area contributed by atoms with E-state index in [2.05, 4.69) is 19.5 Å². The summed E-state index contributed by atoms with van der Waals surface area (Å²) in [6, 6.07) is 16.8. The van der Waals surface area contributed by atoms with Crippen LogP contribution in [0.15, 0.2) is 60.7 Å². The highest BCUT2D eigenvalue weighted by atomic mass is 32.2. The number of esters is 3. The van der Waals surface area contributed by atoms with Gasteiger partial charge in [-0.3, -0.25) is 4.79 Å². The van der Waals surface area contributed by atoms with Gasteiger partial charge in [-0.2, -0.15) is 0 Å². The van der Waals surface area contributed by atoms with Crippen molar-refractivity contribution in [2.45, 2.75) is 6.92 Å². The molecule has 11 nitrogen and oxygen atoms in total. The molecule has 190 valence electrons. The predicted molar refractivity (Wildman–Crippen MR) is 127 cm³/mol. The zero-order chi connectivity index (χ0) is 25.9. The molecule has 0 heterocycles. The Kier molecular flexibility index (Phi) is 14.4. The highest BCUT2D eigenvalue weighted by molar-refractivity contribution is 8.12. The summed E-state index contributed by atoms with van der Waals surface area (Å²) in [7, 11) is 0. The average molecular weight is 510 g/mol. The molecule has 0 aliphatic carbocycles. The van der Waals surface area contributed by atoms with Crippen molar-refractivity contribution in [3.8, 4) is 0 Å². The van der Waals surface area contributed by atoms with E-state index in [0.717, 1.165) is 11.8 Å². The standard InChI is InChI=1S/C13H15NO6.C10H10O4S.H2/c1-2-18-11(15)8-14-13(17)20-9-19-12(16)10-6-4-3-5-7-10;1-15-10(12)14-7-13-9(11)8-5-3-2-4-6-8;/h3-7H,2,8-9H2,1H3,(H,14,17);2-6H,7H2,1H3;1H. The molecule has 0 aromatic heterocycles. The normalized spacial score (nSPS) is 9.43. The van der Waals surface area contributed by atoms with Crippen LogP contribution in [0, 0.1) is 0 Å². The summed E-state index contributed by atoms with van der Waals surface area (Å²) in [5, 5.41) is 1.68. The average Bonchev–Trinajstić information content (AvgIpc) is 2.88. The first-order valence-corrected chi connectivity index (χ1v) is 11.3. The maximum atomic E-state index is 11.5. The molecule has 0 bridgehead atoms. The molecule has 1 amide bonds. The van der Waals surface area contributed by atoms with Crippen LogP contribution in [0.2, 0.25) is 0 Å². The van der Waals surface area contributed by atoms with Gasteiger partial charge in [-0.15, -0.1) is 0 Å². The van der Waals surface area contributed by atoms with E-state index in [9.17, 15) is 24.0 Å². The number of benzene rings is 2. The molecule has 1 N–H and O–H groups in total. The first-order chi connectivity index (χ1) is 16.9. The van der Waals surface area contributed by atoms with Crippen LogP contribution in [0.4, 0.5) is 9.59 Å². The van der Waals surface area contributed by atoms with Crippen LogP contribution in [0.5, 0.6) is 0 Å². The van der Waals surface area contributed by atoms with E-state index >= 15 is 0 Å². The molecule has 12 heteroatoms. The van der Waals surface area contributed by atoms with Crippen molar-refractivity contribution in [2.75, 3.05) is 33.0 Å². The van der Waals surface area contributed by atoms with E-state index in [1.54, 1.807) is 73.8 Å². The number of hydrogen-bond donors (Lipinski definition) is 1. The molecule has 2 aromatic rings. The van der Waals surface area contributed by atoms with Crippen LogP contribution in [0.1, 0.15) is 29.1 Å². The number of hydrogen-bond acceptors (Lipinski definition) is 11. The number of rotatable bonds is 9. The van der Waals surface area contributed by atoms with E-state index in [1.165, 1.54) is 0 Å². The predicted octanol–water partition coefficient (Wildman–Crippen LogP) is 3.64. The molecular weight excluding hydrogens is 482 g/mol. The van der Waals surface area contributed by atoms with E-state index < -0.39 is 36.1 Å². The van der Waals surface area contributed by atoms with Crippen molar-refractivity contribution in [2.24, 2.45) is 0 Å². The summed E-state index contributed by atoms with van der Waals surface area (Å²) in [6.45, 7) is 0.679. The van der Waals surface area contributed by atoms with Gasteiger partial charge in [0.1, 0.15) is 6.54 Å². The molecule has 0 aliphatic rings. The zero-order valence-electron chi connectivity index (χ0n) is 19.1. The van der Waals surface area contributed by atoms with Crippen LogP contribution >= 0.6 is 11.8 Å². The number of carbonyl (C=O) groups excluding carboxylic acids is 5. The third-order valence-electron chi connectivity index (χ3n) is 3.61. The first-order valence-electron chi connectivity index (χ1n) is 10.1. The highest BCUT2D eigenvalue weighted by Crippen LogP contribution is 2.03. The van der Waals surface area contributed by atoms with Gasteiger partial charge in [0.15, 0.2) is 0 Å². The fourth-order valence-electron chi connectivity index (χ4n) is 2.05. The lowest BCUT2D eigenvalue weighted by molar-refractivity contribution is -0.142. The maximum absolute atomic E-state index is 11.5. The molecule has 0 fully saturated rings. The highest BCUT2D eigenvalue weighted by Gasteiger charge is 2.10. The summed E-state index contributed by atoms with van der Waals surface area (Å²) < 4.78 is 23.1. The third kappa shape index (κ3) is 13.3. The van der Waals surface area contributed by atoms with Gasteiger partial charge in [0.2, 0.25) is 13.6 Å². The Morgan fingerprint density at radius 3 is 1.69 bits per heavy atom. The molecular formula is C23H27NO10S. The van der Waals surface area contributed by atoms with Gasteiger partial charge in [-0.25, -0.2) is 19.2 Å². The van der Waals surface area contributed by atoms with Crippen LogP contribution in [-0.2, 0) is 28.5 Å². The summed E-state index contributed by atoms with van der Waals surface area (Å²) >= 11 is 0.920. The number of alkyl carbamates (subject to hydrolysis) is 1. The second-order valence-corrected chi connectivity index (χ2v) is 6.76. The van der Waals surface area contributed by atoms with Crippen LogP contribution in [-0.4, -0.2) is 62.3 Å². The SMILES string of the molecule is CCOC(=O)CNC(=O)OCOC(=O)c1ccccc1.CSC(=O)OCOC(=O)c1ccccc1.[HH]. The van der Waals surface area contributed by atoms with Crippen molar-refractivity contribution in [3.05, 3.63) is 71.8 Å². The van der Waals surface area contributed by atoms with Gasteiger partial charge >= 0.3 is 29.3 Å². The van der Waals surface area contributed by atoms with Crippen LogP contribution in [0.25, 0.3) is 0 Å². The van der Waals surface area contributed by atoms with Crippen LogP contribution in [0.3, 0.4) is 0 Å². The number of ether oxygens (including phenoxy) is 5. The minimum Gasteiger partial charge on any atom is -0.465 e. The van der Waals surface area contributed by atoms with E-state index in [0.29, 0.717) is 11.1 Å². The molecule has 2 aromatic carbocycles. The van der Waals surface area contributed by atoms with Gasteiger partial charge in [-0.1, -0.05) is 36.4 Å². The Bertz CT molecular complexity index is 960. The zero-order valence-corrected chi connectivity index (χ0v) is 19.9. The molecule has 0 atom stereocenters. The summed E-state index contributed by atoms with van der Waals surface area (Å²) in [4.78, 5) is 55.5. The maximum Gasteiger partial charge on any atom is 0.410 e. The van der Waals surface area contributed by atoms with Gasteiger partial charge in [0, 0.05) is 1.43 Å². The van der Waals surface area contributed by atoms with Crippen molar-refractivity contribution < 1.29 is 49.1 Å². The van der Waals surface area contributed by atoms with Crippen molar-refractivity contribution in [1.29, 1.82) is 0 Å². The van der Waals surface area contributed by atoms with Crippen molar-refractivity contribution >= 4 is 41.1 Å². The largest absolute Gasteiger partial charge is 0.465 e. The van der Waals surface area contributed by atoms with Gasteiger partial charge in [-0.05, 0) is 49.2 Å². The summed E-state index contributed by atoms with van der Waals surface area (Å²) in [5.74, 6) is -1.70. The Morgan fingerprint density at radius 1 is 0.743 bits per heavy atom. The van der Waals surface area contributed by atoms with Crippen molar-refractivity contribution in [3.63, 3.8) is 0 Å². The molecule has 2 rings (SSSR count). The molecule has 35 heavy (non-hydrogen) atoms. The molecule has 0 radical (unpaired) electrons. The lowest BCUT2D eigenvalue weighted by atomic mass is 10.2. The monoisotopic (exact) mass is 509 g/mol. The smallest absolute Gasteiger partial charge is 0.410 e. The second kappa shape index (κ2) is 17.4. The van der Waals surface area contributed by atoms with Gasteiger partial charge in [0.05, 0.1) is 17.7 Å². The van der Waals surface area contributed by atoms with E-state index in [1.807, 2.05) is 0 Å². The van der Waals surface area contributed by atoms with Gasteiger partial charge in [0.25, 0.3) is 0 Å². The summed E-state index contributed by atoms with van der Waals surface area (Å²) in [5.41, 5.74) is 0.778. The summed E-state index contributed by atoms with van der Waals surface area (Å²) in [6.07, 6.45) is 0.709. The Morgan fingerprint density at radius 2 is 1.23 bits per heavy atom.